The minimum Gasteiger partial charge on any atom is -0.479 e. The Bertz CT molecular complexity index is 947. The molecule has 30 heavy (non-hydrogen) atoms. The predicted molar refractivity (Wildman–Crippen MR) is 101 cm³/mol. The van der Waals surface area contributed by atoms with Crippen molar-refractivity contribution in [1.82, 2.24) is 0 Å². The molecule has 0 saturated carbocycles. The largest absolute Gasteiger partial charge is 0.479 e. The molecule has 2 aromatic rings. The van der Waals surface area contributed by atoms with Crippen LogP contribution in [0.3, 0.4) is 0 Å². The highest BCUT2D eigenvalue weighted by Crippen LogP contribution is 2.32. The lowest BCUT2D eigenvalue weighted by Gasteiger charge is -2.38. The van der Waals surface area contributed by atoms with Crippen LogP contribution in [-0.2, 0) is 22.8 Å². The highest BCUT2D eigenvalue weighted by molar-refractivity contribution is 5.85. The summed E-state index contributed by atoms with van der Waals surface area (Å²) < 4.78 is 29.2. The van der Waals surface area contributed by atoms with Crippen molar-refractivity contribution in [1.29, 1.82) is 0 Å². The second kappa shape index (κ2) is 9.96. The van der Waals surface area contributed by atoms with Gasteiger partial charge in [-0.05, 0) is 17.7 Å². The number of carbonyl (C=O) groups is 1. The van der Waals surface area contributed by atoms with Crippen molar-refractivity contribution < 1.29 is 43.5 Å². The van der Waals surface area contributed by atoms with Gasteiger partial charge < -0.3 is 40.1 Å². The summed E-state index contributed by atoms with van der Waals surface area (Å²) in [4.78, 5) is 22.9. The smallest absolute Gasteiger partial charge is 0.336 e. The van der Waals surface area contributed by atoms with E-state index >= 15 is 0 Å². The number of hydrogen-bond donors (Lipinski definition) is 5. The lowest BCUT2D eigenvalue weighted by atomic mass is 9.99. The molecule has 0 spiro atoms. The van der Waals surface area contributed by atoms with Gasteiger partial charge in [0.2, 0.25) is 6.29 Å². The van der Waals surface area contributed by atoms with Gasteiger partial charge in [0.15, 0.2) is 6.10 Å². The van der Waals surface area contributed by atoms with E-state index in [1.54, 1.807) is 0 Å². The number of alkyl halides is 1. The number of aliphatic carboxylic acids is 1. The average molecular weight is 429 g/mol. The van der Waals surface area contributed by atoms with Crippen LogP contribution < -0.4 is 16.1 Å². The van der Waals surface area contributed by atoms with Gasteiger partial charge in [-0.3, -0.25) is 0 Å². The summed E-state index contributed by atoms with van der Waals surface area (Å²) in [6.07, 6.45) is -9.20. The van der Waals surface area contributed by atoms with Crippen LogP contribution in [0.25, 0.3) is 11.0 Å². The molecule has 1 aliphatic heterocycles. The van der Waals surface area contributed by atoms with Gasteiger partial charge in [0, 0.05) is 18.0 Å². The van der Waals surface area contributed by atoms with Gasteiger partial charge in [-0.15, -0.1) is 0 Å². The number of rotatable bonds is 5. The number of carboxylic acid groups (broad SMARTS) is 1. The molecule has 10 nitrogen and oxygen atoms in total. The number of halogens is 1. The third kappa shape index (κ3) is 4.45. The lowest BCUT2D eigenvalue weighted by Crippen LogP contribution is -2.61. The molecule has 5 atom stereocenters. The summed E-state index contributed by atoms with van der Waals surface area (Å²) in [6, 6.07) is 3.93. The van der Waals surface area contributed by atoms with Crippen LogP contribution in [0.4, 0.5) is 4.39 Å². The van der Waals surface area contributed by atoms with E-state index in [9.17, 15) is 29.3 Å². The van der Waals surface area contributed by atoms with Crippen LogP contribution in [-0.4, -0.2) is 57.1 Å². The number of nitrogens with two attached hydrogens (primary N) is 1. The molecule has 166 valence electrons. The molecule has 0 radical (unpaired) electrons. The fraction of sp³-hybridized carbons (Fsp3) is 0.474. The topological polar surface area (TPSA) is 173 Å². The highest BCUT2D eigenvalue weighted by atomic mass is 19.1. The third-order valence-corrected chi connectivity index (χ3v) is 4.47. The van der Waals surface area contributed by atoms with E-state index in [4.69, 9.17) is 24.7 Å². The number of hydrogen-bond acceptors (Lipinski definition) is 9. The molecule has 1 saturated heterocycles. The Balaban J connectivity index is 0.00000155. The van der Waals surface area contributed by atoms with Crippen LogP contribution in [0, 0.1) is 0 Å². The minimum absolute atomic E-state index is 0.00283. The van der Waals surface area contributed by atoms with E-state index in [1.165, 1.54) is 18.2 Å². The summed E-state index contributed by atoms with van der Waals surface area (Å²) in [5.41, 5.74) is 4.95. The molecule has 0 bridgehead atoms. The van der Waals surface area contributed by atoms with Crippen LogP contribution in [0.15, 0.2) is 27.4 Å². The van der Waals surface area contributed by atoms with Crippen molar-refractivity contribution in [2.75, 3.05) is 0 Å². The Morgan fingerprint density at radius 3 is 2.43 bits per heavy atom. The fourth-order valence-corrected chi connectivity index (χ4v) is 3.01. The second-order valence-electron chi connectivity index (χ2n) is 6.20. The molecule has 11 heteroatoms. The summed E-state index contributed by atoms with van der Waals surface area (Å²) in [5, 5.41) is 39.0. The Morgan fingerprint density at radius 2 is 1.87 bits per heavy atom. The van der Waals surface area contributed by atoms with Crippen LogP contribution in [0.2, 0.25) is 0 Å². The molecule has 0 aliphatic carbocycles. The van der Waals surface area contributed by atoms with Gasteiger partial charge in [0.05, 0.1) is 5.56 Å². The predicted octanol–water partition coefficient (Wildman–Crippen LogP) is 0.0184. The Morgan fingerprint density at radius 1 is 1.20 bits per heavy atom. The number of ether oxygens (including phenoxy) is 2. The molecule has 0 amide bonds. The Kier molecular flexibility index (Phi) is 7.87. The Labute approximate surface area is 170 Å². The second-order valence-corrected chi connectivity index (χ2v) is 6.20. The zero-order valence-electron chi connectivity index (χ0n) is 16.3. The van der Waals surface area contributed by atoms with Gasteiger partial charge in [-0.2, -0.15) is 0 Å². The van der Waals surface area contributed by atoms with Crippen molar-refractivity contribution >= 4 is 16.9 Å². The van der Waals surface area contributed by atoms with E-state index in [0.29, 0.717) is 10.9 Å². The summed E-state index contributed by atoms with van der Waals surface area (Å²) >= 11 is 0. The Hall–Kier alpha value is -2.57. The molecule has 6 N–H and O–H groups in total. The molecule has 1 aliphatic rings. The molecule has 2 heterocycles. The monoisotopic (exact) mass is 429 g/mol. The molecular formula is C19H24FNO9. The standard InChI is InChI=1S/C17H18FNO9.C2H6/c18-4-8-9(2-1-7-6(5-19)3-10(20)27-14(7)8)26-17-13(23)11(21)12(22)15(28-17)16(24)25;1-2/h1-3,11-13,15,17,21-23H,4-5,19H2,(H,24,25);1-2H3. The van der Waals surface area contributed by atoms with Gasteiger partial charge in [-0.25, -0.2) is 14.0 Å². The molecular weight excluding hydrogens is 405 g/mol. The third-order valence-electron chi connectivity index (χ3n) is 4.47. The molecule has 1 fully saturated rings. The summed E-state index contributed by atoms with van der Waals surface area (Å²) in [7, 11) is 0. The van der Waals surface area contributed by atoms with Crippen LogP contribution in [0.5, 0.6) is 5.75 Å². The van der Waals surface area contributed by atoms with Crippen molar-refractivity contribution in [3.05, 3.63) is 39.7 Å². The SMILES string of the molecule is CC.NCc1cc(=O)oc2c(CF)c(OC3OC(C(=O)O)C(O)C(O)C3O)ccc12. The van der Waals surface area contributed by atoms with E-state index in [2.05, 4.69) is 0 Å². The van der Waals surface area contributed by atoms with E-state index in [0.717, 1.165) is 0 Å². The summed E-state index contributed by atoms with van der Waals surface area (Å²) in [6.45, 7) is 2.88. The number of benzene rings is 1. The zero-order valence-corrected chi connectivity index (χ0v) is 16.3. The summed E-state index contributed by atoms with van der Waals surface area (Å²) in [5.74, 6) is -1.79. The molecule has 1 aromatic carbocycles. The maximum atomic E-state index is 13.7. The van der Waals surface area contributed by atoms with Gasteiger partial charge in [0.1, 0.15) is 36.3 Å². The maximum Gasteiger partial charge on any atom is 0.336 e. The van der Waals surface area contributed by atoms with Crippen molar-refractivity contribution in [2.24, 2.45) is 5.73 Å². The number of carboxylic acids is 1. The number of aliphatic hydroxyl groups is 3. The van der Waals surface area contributed by atoms with Crippen molar-refractivity contribution in [3.63, 3.8) is 0 Å². The number of fused-ring (bicyclic) bond motifs is 1. The van der Waals surface area contributed by atoms with Gasteiger partial charge in [0.25, 0.3) is 0 Å². The first kappa shape index (κ1) is 23.7. The van der Waals surface area contributed by atoms with Gasteiger partial charge in [-0.1, -0.05) is 13.8 Å². The first-order valence-corrected chi connectivity index (χ1v) is 9.22. The molecule has 1 aromatic heterocycles. The fourth-order valence-electron chi connectivity index (χ4n) is 3.01. The van der Waals surface area contributed by atoms with E-state index in [-0.39, 0.29) is 23.4 Å². The average Bonchev–Trinajstić information content (AvgIpc) is 2.74. The molecule has 3 rings (SSSR count). The van der Waals surface area contributed by atoms with Crippen LogP contribution >= 0.6 is 0 Å². The number of aliphatic hydroxyl groups excluding tert-OH is 3. The first-order chi connectivity index (χ1) is 14.3. The minimum atomic E-state index is -1.89. The van der Waals surface area contributed by atoms with E-state index in [1.807, 2.05) is 13.8 Å². The molecule has 5 unspecified atom stereocenters. The first-order valence-electron chi connectivity index (χ1n) is 9.22. The van der Waals surface area contributed by atoms with Crippen molar-refractivity contribution in [2.45, 2.75) is 57.8 Å². The van der Waals surface area contributed by atoms with Crippen molar-refractivity contribution in [3.8, 4) is 5.75 Å². The van der Waals surface area contributed by atoms with Gasteiger partial charge >= 0.3 is 11.6 Å². The maximum absolute atomic E-state index is 13.7. The van der Waals surface area contributed by atoms with E-state index < -0.39 is 49.0 Å². The van der Waals surface area contributed by atoms with Crippen LogP contribution in [0.1, 0.15) is 25.0 Å². The normalized spacial score (nSPS) is 26.0. The zero-order chi connectivity index (χ0) is 22.6. The lowest BCUT2D eigenvalue weighted by molar-refractivity contribution is -0.271. The quantitative estimate of drug-likeness (QED) is 0.408. The highest BCUT2D eigenvalue weighted by Gasteiger charge is 2.48.